The van der Waals surface area contributed by atoms with Crippen LogP contribution in [0.5, 0.6) is 11.5 Å². The van der Waals surface area contributed by atoms with E-state index in [1.807, 2.05) is 0 Å². The first-order valence-corrected chi connectivity index (χ1v) is 9.32. The first-order valence-electron chi connectivity index (χ1n) is 9.32. The Kier molecular flexibility index (Phi) is 5.14. The van der Waals surface area contributed by atoms with Crippen molar-refractivity contribution in [1.82, 2.24) is 4.90 Å². The lowest BCUT2D eigenvalue weighted by atomic mass is 10.1. The number of rotatable bonds is 5. The Bertz CT molecular complexity index is 902. The van der Waals surface area contributed by atoms with Gasteiger partial charge in [-0.25, -0.2) is 4.39 Å². The quantitative estimate of drug-likeness (QED) is 0.861. The summed E-state index contributed by atoms with van der Waals surface area (Å²) in [5.41, 5.74) is 1.17. The summed E-state index contributed by atoms with van der Waals surface area (Å²) in [7, 11) is 0. The normalized spacial score (nSPS) is 18.2. The van der Waals surface area contributed by atoms with Gasteiger partial charge in [0.2, 0.25) is 11.8 Å². The van der Waals surface area contributed by atoms with Gasteiger partial charge in [-0.05, 0) is 30.2 Å². The predicted octanol–water partition coefficient (Wildman–Crippen LogP) is 2.63. The number of amides is 2. The molecule has 1 fully saturated rings. The van der Waals surface area contributed by atoms with E-state index in [1.54, 1.807) is 41.3 Å². The number of hydrogen-bond donors (Lipinski definition) is 1. The molecule has 2 aliphatic heterocycles. The molecule has 6 nitrogen and oxygen atoms in total. The molecule has 0 aliphatic carbocycles. The van der Waals surface area contributed by atoms with Crippen molar-refractivity contribution in [2.45, 2.75) is 12.8 Å². The summed E-state index contributed by atoms with van der Waals surface area (Å²) in [5, 5.41) is 2.84. The molecule has 0 spiro atoms. The minimum atomic E-state index is -0.429. The lowest BCUT2D eigenvalue weighted by Crippen LogP contribution is -2.30. The molecule has 28 heavy (non-hydrogen) atoms. The van der Waals surface area contributed by atoms with E-state index in [-0.39, 0.29) is 24.1 Å². The van der Waals surface area contributed by atoms with Crippen LogP contribution in [0.2, 0.25) is 0 Å². The number of hydrogen-bond acceptors (Lipinski definition) is 4. The molecule has 0 saturated carbocycles. The largest absolute Gasteiger partial charge is 0.486 e. The highest BCUT2D eigenvalue weighted by Crippen LogP contribution is 2.33. The summed E-state index contributed by atoms with van der Waals surface area (Å²) < 4.78 is 24.7. The van der Waals surface area contributed by atoms with Gasteiger partial charge in [0.15, 0.2) is 11.5 Å². The molecule has 4 rings (SSSR count). The maximum Gasteiger partial charge on any atom is 0.229 e. The molecule has 0 aromatic heterocycles. The average molecular weight is 384 g/mol. The number of carbonyl (C=O) groups excluding carboxylic acids is 2. The van der Waals surface area contributed by atoms with E-state index in [1.165, 1.54) is 6.07 Å². The number of halogens is 1. The van der Waals surface area contributed by atoms with Crippen LogP contribution in [0.3, 0.4) is 0 Å². The number of anilines is 1. The van der Waals surface area contributed by atoms with Gasteiger partial charge in [-0.1, -0.05) is 18.2 Å². The zero-order chi connectivity index (χ0) is 19.5. The summed E-state index contributed by atoms with van der Waals surface area (Å²) in [4.78, 5) is 26.5. The number of nitrogens with zero attached hydrogens (tertiary/aromatic N) is 1. The molecule has 146 valence electrons. The second kappa shape index (κ2) is 7.88. The second-order valence-electron chi connectivity index (χ2n) is 6.93. The van der Waals surface area contributed by atoms with E-state index >= 15 is 0 Å². The third kappa shape index (κ3) is 3.93. The van der Waals surface area contributed by atoms with Crippen LogP contribution in [-0.2, 0) is 16.0 Å². The number of carbonyl (C=O) groups is 2. The van der Waals surface area contributed by atoms with Crippen molar-refractivity contribution in [3.8, 4) is 11.5 Å². The molecule has 1 unspecified atom stereocenters. The van der Waals surface area contributed by atoms with E-state index in [0.29, 0.717) is 55.5 Å². The van der Waals surface area contributed by atoms with Gasteiger partial charge >= 0.3 is 0 Å². The molecule has 1 saturated heterocycles. The topological polar surface area (TPSA) is 67.9 Å². The van der Waals surface area contributed by atoms with E-state index in [4.69, 9.17) is 9.47 Å². The molecule has 2 aromatic rings. The van der Waals surface area contributed by atoms with Crippen LogP contribution in [0, 0.1) is 11.7 Å². The molecular weight excluding hydrogens is 363 g/mol. The molecule has 7 heteroatoms. The molecule has 0 bridgehead atoms. The van der Waals surface area contributed by atoms with Gasteiger partial charge in [0.05, 0.1) is 5.92 Å². The number of likely N-dealkylation sites (tertiary alicyclic amines) is 1. The van der Waals surface area contributed by atoms with Gasteiger partial charge in [0.25, 0.3) is 0 Å². The van der Waals surface area contributed by atoms with Gasteiger partial charge in [-0.15, -0.1) is 0 Å². The second-order valence-corrected chi connectivity index (χ2v) is 6.93. The zero-order valence-corrected chi connectivity index (χ0v) is 15.3. The highest BCUT2D eigenvalue weighted by Gasteiger charge is 2.34. The summed E-state index contributed by atoms with van der Waals surface area (Å²) in [6, 6.07) is 11.8. The fourth-order valence-corrected chi connectivity index (χ4v) is 3.49. The van der Waals surface area contributed by atoms with Crippen LogP contribution in [0.1, 0.15) is 12.0 Å². The number of ether oxygens (including phenoxy) is 2. The van der Waals surface area contributed by atoms with Crippen LogP contribution >= 0.6 is 0 Å². The van der Waals surface area contributed by atoms with Crippen molar-refractivity contribution in [2.24, 2.45) is 5.92 Å². The highest BCUT2D eigenvalue weighted by atomic mass is 19.1. The van der Waals surface area contributed by atoms with Crippen molar-refractivity contribution in [3.63, 3.8) is 0 Å². The van der Waals surface area contributed by atoms with Gasteiger partial charge in [0.1, 0.15) is 19.0 Å². The minimum absolute atomic E-state index is 0.0846. The van der Waals surface area contributed by atoms with Crippen molar-refractivity contribution in [2.75, 3.05) is 31.6 Å². The van der Waals surface area contributed by atoms with Crippen LogP contribution in [0.4, 0.5) is 10.1 Å². The van der Waals surface area contributed by atoms with E-state index < -0.39 is 5.92 Å². The smallest absolute Gasteiger partial charge is 0.229 e. The molecule has 0 radical (unpaired) electrons. The third-order valence-corrected chi connectivity index (χ3v) is 5.00. The fourth-order valence-electron chi connectivity index (χ4n) is 3.49. The first kappa shape index (κ1) is 18.3. The Labute approximate surface area is 162 Å². The van der Waals surface area contributed by atoms with Crippen molar-refractivity contribution >= 4 is 17.5 Å². The Hall–Kier alpha value is -3.09. The summed E-state index contributed by atoms with van der Waals surface area (Å²) in [6.07, 6.45) is 0.586. The Balaban J connectivity index is 1.34. The summed E-state index contributed by atoms with van der Waals surface area (Å²) >= 11 is 0. The number of benzene rings is 2. The Morgan fingerprint density at radius 3 is 2.75 bits per heavy atom. The lowest BCUT2D eigenvalue weighted by Gasteiger charge is -2.19. The number of fused-ring (bicyclic) bond motifs is 1. The Morgan fingerprint density at radius 1 is 1.14 bits per heavy atom. The standard InChI is InChI=1S/C21H21FN2O4/c22-17-4-2-1-3-14(17)7-8-24-13-15(11-20(24)25)21(26)23-16-5-6-18-19(12-16)28-10-9-27-18/h1-6,12,15H,7-11,13H2,(H,23,26). The van der Waals surface area contributed by atoms with Crippen LogP contribution < -0.4 is 14.8 Å². The molecule has 2 heterocycles. The van der Waals surface area contributed by atoms with Gasteiger partial charge in [0, 0.05) is 31.3 Å². The highest BCUT2D eigenvalue weighted by molar-refractivity contribution is 5.97. The predicted molar refractivity (Wildman–Crippen MR) is 101 cm³/mol. The maximum atomic E-state index is 13.7. The molecular formula is C21H21FN2O4. The minimum Gasteiger partial charge on any atom is -0.486 e. The zero-order valence-electron chi connectivity index (χ0n) is 15.3. The molecule has 1 N–H and O–H groups in total. The molecule has 1 atom stereocenters. The van der Waals surface area contributed by atoms with Crippen LogP contribution in [0.15, 0.2) is 42.5 Å². The van der Waals surface area contributed by atoms with Crippen molar-refractivity contribution < 1.29 is 23.5 Å². The van der Waals surface area contributed by atoms with E-state index in [0.717, 1.165) is 0 Å². The molecule has 2 amide bonds. The van der Waals surface area contributed by atoms with Crippen LogP contribution in [0.25, 0.3) is 0 Å². The van der Waals surface area contributed by atoms with E-state index in [2.05, 4.69) is 5.32 Å². The van der Waals surface area contributed by atoms with Gasteiger partial charge < -0.3 is 19.7 Å². The SMILES string of the molecule is O=C(Nc1ccc2c(c1)OCCO2)C1CC(=O)N(CCc2ccccc2F)C1. The first-order chi connectivity index (χ1) is 13.6. The Morgan fingerprint density at radius 2 is 1.93 bits per heavy atom. The summed E-state index contributed by atoms with van der Waals surface area (Å²) in [5.74, 6) is 0.248. The fraction of sp³-hybridized carbons (Fsp3) is 0.333. The van der Waals surface area contributed by atoms with Gasteiger partial charge in [-0.3, -0.25) is 9.59 Å². The third-order valence-electron chi connectivity index (χ3n) is 5.00. The lowest BCUT2D eigenvalue weighted by molar-refractivity contribution is -0.128. The molecule has 2 aromatic carbocycles. The molecule has 2 aliphatic rings. The summed E-state index contributed by atoms with van der Waals surface area (Å²) in [6.45, 7) is 1.71. The maximum absolute atomic E-state index is 13.7. The van der Waals surface area contributed by atoms with Crippen molar-refractivity contribution in [3.05, 3.63) is 53.8 Å². The van der Waals surface area contributed by atoms with Crippen LogP contribution in [-0.4, -0.2) is 43.0 Å². The van der Waals surface area contributed by atoms with Crippen molar-refractivity contribution in [1.29, 1.82) is 0 Å². The van der Waals surface area contributed by atoms with E-state index in [9.17, 15) is 14.0 Å². The monoisotopic (exact) mass is 384 g/mol. The van der Waals surface area contributed by atoms with Gasteiger partial charge in [-0.2, -0.15) is 0 Å². The average Bonchev–Trinajstić information content (AvgIpc) is 3.08. The number of nitrogens with one attached hydrogen (secondary N) is 1.